The van der Waals surface area contributed by atoms with Crippen LogP contribution in [0.1, 0.15) is 57.6 Å². The molecule has 1 aliphatic carbocycles. The van der Waals surface area contributed by atoms with Gasteiger partial charge in [-0.15, -0.1) is 0 Å². The molecule has 136 valence electrons. The summed E-state index contributed by atoms with van der Waals surface area (Å²) in [6, 6.07) is 5.47. The third kappa shape index (κ3) is 2.70. The molecule has 1 saturated heterocycles. The Bertz CT molecular complexity index is 685. The van der Waals surface area contributed by atoms with Gasteiger partial charge in [0.15, 0.2) is 17.3 Å². The van der Waals surface area contributed by atoms with E-state index in [-0.39, 0.29) is 5.78 Å². The number of hydrogen-bond donors (Lipinski definition) is 0. The Kier molecular flexibility index (Phi) is 4.52. The van der Waals surface area contributed by atoms with E-state index in [4.69, 9.17) is 14.2 Å². The van der Waals surface area contributed by atoms with Crippen molar-refractivity contribution < 1.29 is 23.8 Å². The normalized spacial score (nSPS) is 24.7. The third-order valence-corrected chi connectivity index (χ3v) is 5.71. The van der Waals surface area contributed by atoms with Gasteiger partial charge in [-0.2, -0.15) is 0 Å². The zero-order valence-electron chi connectivity index (χ0n) is 15.4. The largest absolute Gasteiger partial charge is 0.493 e. The highest BCUT2D eigenvalue weighted by Crippen LogP contribution is 2.55. The number of carbonyl (C=O) groups excluding carboxylic acids is 2. The molecule has 0 N–H and O–H groups in total. The molecule has 1 aromatic rings. The summed E-state index contributed by atoms with van der Waals surface area (Å²) >= 11 is 0. The average Bonchev–Trinajstić information content (AvgIpc) is 2.64. The molecule has 1 spiro atoms. The summed E-state index contributed by atoms with van der Waals surface area (Å²) in [7, 11) is 3.14. The number of ether oxygens (including phenoxy) is 3. The summed E-state index contributed by atoms with van der Waals surface area (Å²) in [6.07, 6.45) is 4.00. The second kappa shape index (κ2) is 6.36. The van der Waals surface area contributed by atoms with E-state index in [1.165, 1.54) is 0 Å². The van der Waals surface area contributed by atoms with E-state index in [0.717, 1.165) is 37.7 Å². The van der Waals surface area contributed by atoms with Gasteiger partial charge in [0.2, 0.25) is 0 Å². The molecule has 0 amide bonds. The molecular weight excluding hydrogens is 320 g/mol. The molecule has 5 heteroatoms. The fraction of sp³-hybridized carbons (Fsp3) is 0.600. The Hall–Kier alpha value is -2.04. The molecule has 0 unspecified atom stereocenters. The molecule has 1 saturated carbocycles. The summed E-state index contributed by atoms with van der Waals surface area (Å²) in [5.41, 5.74) is -0.948. The first-order valence-electron chi connectivity index (χ1n) is 8.85. The number of rotatable bonds is 3. The number of ketones is 1. The van der Waals surface area contributed by atoms with Crippen LogP contribution in [0.15, 0.2) is 18.2 Å². The Morgan fingerprint density at radius 2 is 1.64 bits per heavy atom. The van der Waals surface area contributed by atoms with Gasteiger partial charge in [-0.3, -0.25) is 9.59 Å². The van der Waals surface area contributed by atoms with Crippen molar-refractivity contribution in [1.29, 1.82) is 0 Å². The molecular formula is C20H26O5. The maximum absolute atomic E-state index is 13.3. The van der Waals surface area contributed by atoms with Gasteiger partial charge in [-0.25, -0.2) is 0 Å². The van der Waals surface area contributed by atoms with E-state index >= 15 is 0 Å². The Labute approximate surface area is 148 Å². The van der Waals surface area contributed by atoms with Crippen molar-refractivity contribution in [3.8, 4) is 11.5 Å². The van der Waals surface area contributed by atoms with Crippen LogP contribution in [0.4, 0.5) is 0 Å². The van der Waals surface area contributed by atoms with E-state index < -0.39 is 22.9 Å². The molecule has 3 rings (SSSR count). The minimum absolute atomic E-state index is 0.00994. The van der Waals surface area contributed by atoms with Gasteiger partial charge in [0.05, 0.1) is 19.6 Å². The van der Waals surface area contributed by atoms with Gasteiger partial charge in [0, 0.05) is 0 Å². The van der Waals surface area contributed by atoms with Crippen molar-refractivity contribution in [2.45, 2.75) is 52.1 Å². The van der Waals surface area contributed by atoms with Crippen molar-refractivity contribution in [3.05, 3.63) is 23.8 Å². The summed E-state index contributed by atoms with van der Waals surface area (Å²) in [4.78, 5) is 25.9. The lowest BCUT2D eigenvalue weighted by Gasteiger charge is -2.49. The molecule has 1 aromatic carbocycles. The van der Waals surface area contributed by atoms with E-state index in [1.807, 2.05) is 12.1 Å². The topological polar surface area (TPSA) is 61.8 Å². The van der Waals surface area contributed by atoms with Crippen molar-refractivity contribution in [1.82, 2.24) is 0 Å². The van der Waals surface area contributed by atoms with Crippen molar-refractivity contribution in [2.24, 2.45) is 10.8 Å². The lowest BCUT2D eigenvalue weighted by atomic mass is 9.59. The zero-order chi connectivity index (χ0) is 18.2. The summed E-state index contributed by atoms with van der Waals surface area (Å²) < 4.78 is 16.5. The van der Waals surface area contributed by atoms with Gasteiger partial charge in [-0.05, 0) is 44.4 Å². The number of benzene rings is 1. The number of methoxy groups -OCH3 is 2. The maximum Gasteiger partial charge on any atom is 0.319 e. The van der Waals surface area contributed by atoms with Gasteiger partial charge < -0.3 is 14.2 Å². The predicted molar refractivity (Wildman–Crippen MR) is 92.7 cm³/mol. The molecule has 1 aliphatic heterocycles. The van der Waals surface area contributed by atoms with Crippen LogP contribution >= 0.6 is 0 Å². The van der Waals surface area contributed by atoms with E-state index in [9.17, 15) is 9.59 Å². The van der Waals surface area contributed by atoms with E-state index in [1.54, 1.807) is 34.1 Å². The Balaban J connectivity index is 2.09. The summed E-state index contributed by atoms with van der Waals surface area (Å²) in [5.74, 6) is 0.737. The lowest BCUT2D eigenvalue weighted by Crippen LogP contribution is -2.55. The fourth-order valence-corrected chi connectivity index (χ4v) is 4.28. The van der Waals surface area contributed by atoms with Crippen molar-refractivity contribution in [2.75, 3.05) is 14.2 Å². The second-order valence-corrected chi connectivity index (χ2v) is 7.57. The standard InChI is InChI=1S/C20H26O5/c1-19(2)17(21)20(10-6-5-7-11-20)16(25-18(19)22)13-8-9-14(23-3)15(12-13)24-4/h8-9,12,16H,5-7,10-11H2,1-4H3/t16-/m1/s1. The number of hydrogen-bond acceptors (Lipinski definition) is 5. The molecule has 0 bridgehead atoms. The first-order valence-corrected chi connectivity index (χ1v) is 8.85. The van der Waals surface area contributed by atoms with Crippen LogP contribution in [0.2, 0.25) is 0 Å². The van der Waals surface area contributed by atoms with E-state index in [2.05, 4.69) is 0 Å². The van der Waals surface area contributed by atoms with E-state index in [0.29, 0.717) is 11.5 Å². The molecule has 2 aliphatic rings. The molecule has 5 nitrogen and oxygen atoms in total. The Morgan fingerprint density at radius 3 is 2.24 bits per heavy atom. The first kappa shape index (κ1) is 17.8. The number of cyclic esters (lactones) is 1. The Morgan fingerprint density at radius 1 is 1.00 bits per heavy atom. The second-order valence-electron chi connectivity index (χ2n) is 7.57. The highest BCUT2D eigenvalue weighted by atomic mass is 16.6. The minimum Gasteiger partial charge on any atom is -0.493 e. The van der Waals surface area contributed by atoms with Gasteiger partial charge in [0.1, 0.15) is 11.5 Å². The molecule has 1 atom stereocenters. The monoisotopic (exact) mass is 346 g/mol. The van der Waals surface area contributed by atoms with Crippen LogP contribution in [-0.2, 0) is 14.3 Å². The molecule has 0 radical (unpaired) electrons. The molecule has 2 fully saturated rings. The van der Waals surface area contributed by atoms with Crippen molar-refractivity contribution >= 4 is 11.8 Å². The summed E-state index contributed by atoms with van der Waals surface area (Å²) in [5, 5.41) is 0. The van der Waals surface area contributed by atoms with Gasteiger partial charge in [0.25, 0.3) is 0 Å². The third-order valence-electron chi connectivity index (χ3n) is 5.71. The lowest BCUT2D eigenvalue weighted by molar-refractivity contribution is -0.192. The quantitative estimate of drug-likeness (QED) is 0.614. The van der Waals surface area contributed by atoms with Crippen molar-refractivity contribution in [3.63, 3.8) is 0 Å². The number of Topliss-reactive ketones (excluding diaryl/α,β-unsaturated/α-hetero) is 1. The predicted octanol–water partition coefficient (Wildman–Crippen LogP) is 3.85. The fourth-order valence-electron chi connectivity index (χ4n) is 4.28. The van der Waals surface area contributed by atoms with Crippen LogP contribution in [0.25, 0.3) is 0 Å². The minimum atomic E-state index is -1.09. The molecule has 0 aromatic heterocycles. The van der Waals surface area contributed by atoms with Gasteiger partial charge >= 0.3 is 5.97 Å². The number of esters is 1. The van der Waals surface area contributed by atoms with Crippen LogP contribution in [0.3, 0.4) is 0 Å². The number of carbonyl (C=O) groups is 2. The van der Waals surface area contributed by atoms with Crippen LogP contribution < -0.4 is 9.47 Å². The SMILES string of the molecule is COc1ccc([C@H]2OC(=O)C(C)(C)C(=O)C23CCCCC3)cc1OC. The highest BCUT2D eigenvalue weighted by Gasteiger charge is 2.60. The molecule has 1 heterocycles. The smallest absolute Gasteiger partial charge is 0.319 e. The highest BCUT2D eigenvalue weighted by molar-refractivity contribution is 6.08. The van der Waals surface area contributed by atoms with Crippen LogP contribution in [-0.4, -0.2) is 26.0 Å². The summed E-state index contributed by atoms with van der Waals surface area (Å²) in [6.45, 7) is 3.36. The van der Waals surface area contributed by atoms with Crippen LogP contribution in [0.5, 0.6) is 11.5 Å². The van der Waals surface area contributed by atoms with Crippen LogP contribution in [0, 0.1) is 10.8 Å². The maximum atomic E-state index is 13.3. The van der Waals surface area contributed by atoms with Gasteiger partial charge in [-0.1, -0.05) is 25.3 Å². The average molecular weight is 346 g/mol. The molecule has 25 heavy (non-hydrogen) atoms. The zero-order valence-corrected chi connectivity index (χ0v) is 15.4. The first-order chi connectivity index (χ1) is 11.9.